The van der Waals surface area contributed by atoms with Gasteiger partial charge in [-0.1, -0.05) is 10.4 Å². The second kappa shape index (κ2) is 5.16. The van der Waals surface area contributed by atoms with Gasteiger partial charge < -0.3 is 11.6 Å². The molecule has 0 amide bonds. The van der Waals surface area contributed by atoms with Gasteiger partial charge in [0, 0.05) is 13.1 Å². The van der Waals surface area contributed by atoms with Crippen LogP contribution in [0.15, 0.2) is 10.4 Å². The summed E-state index contributed by atoms with van der Waals surface area (Å²) in [6.45, 7) is 1.15. The predicted molar refractivity (Wildman–Crippen MR) is 26.1 cm³/mol. The van der Waals surface area contributed by atoms with Crippen LogP contribution in [-0.4, -0.2) is 13.1 Å². The molecular formula is C2H9N5. The normalized spacial score (nSPS) is 9.86. The summed E-state index contributed by atoms with van der Waals surface area (Å²) in [5, 5.41) is 6.17. The lowest BCUT2D eigenvalue weighted by molar-refractivity contribution is 0.680. The van der Waals surface area contributed by atoms with Crippen molar-refractivity contribution in [3.05, 3.63) is 0 Å². The molecule has 5 heteroatoms. The Morgan fingerprint density at radius 2 is 2.29 bits per heavy atom. The summed E-state index contributed by atoms with van der Waals surface area (Å²) in [5.41, 5.74) is 7.56. The maximum atomic E-state index is 5.06. The molecule has 42 valence electrons. The number of hydrogen-bond donors (Lipinski definition) is 3. The number of rotatable bonds is 3. The van der Waals surface area contributed by atoms with Gasteiger partial charge in [-0.15, -0.1) is 0 Å². The van der Waals surface area contributed by atoms with Crippen LogP contribution in [-0.2, 0) is 0 Å². The minimum absolute atomic E-state index is 0.541. The van der Waals surface area contributed by atoms with Crippen molar-refractivity contribution in [3.8, 4) is 0 Å². The molecular weight excluding hydrogens is 94.1 g/mol. The van der Waals surface area contributed by atoms with Gasteiger partial charge in [0.25, 0.3) is 0 Å². The van der Waals surface area contributed by atoms with Crippen molar-refractivity contribution in [2.75, 3.05) is 13.1 Å². The Balaban J connectivity index is 2.69. The van der Waals surface area contributed by atoms with Gasteiger partial charge in [0.1, 0.15) is 0 Å². The molecule has 5 nitrogen and oxygen atoms in total. The third-order valence-corrected chi connectivity index (χ3v) is 0.385. The van der Waals surface area contributed by atoms with E-state index in [4.69, 9.17) is 5.73 Å². The third kappa shape index (κ3) is 5.16. The van der Waals surface area contributed by atoms with Gasteiger partial charge in [-0.2, -0.15) is 0 Å². The van der Waals surface area contributed by atoms with Gasteiger partial charge in [0.15, 0.2) is 0 Å². The number of hydrogen-bond acceptors (Lipinski definition) is 3. The van der Waals surface area contributed by atoms with E-state index >= 15 is 0 Å². The Labute approximate surface area is 41.7 Å². The van der Waals surface area contributed by atoms with Crippen molar-refractivity contribution in [1.29, 1.82) is 0 Å². The molecule has 0 radical (unpaired) electrons. The lowest BCUT2D eigenvalue weighted by Crippen LogP contribution is -2.16. The van der Waals surface area contributed by atoms with Crippen LogP contribution in [0.4, 0.5) is 0 Å². The van der Waals surface area contributed by atoms with Crippen molar-refractivity contribution in [2.45, 2.75) is 0 Å². The van der Waals surface area contributed by atoms with Crippen LogP contribution < -0.4 is 17.0 Å². The van der Waals surface area contributed by atoms with Gasteiger partial charge >= 0.3 is 0 Å². The molecule has 0 aromatic rings. The monoisotopic (exact) mass is 103 g/mol. The fourth-order valence-corrected chi connectivity index (χ4v) is 0.155. The van der Waals surface area contributed by atoms with E-state index in [1.807, 2.05) is 0 Å². The molecule has 0 spiro atoms. The first-order valence-corrected chi connectivity index (χ1v) is 1.94. The smallest absolute Gasteiger partial charge is 0.0470 e. The molecule has 5 N–H and O–H groups in total. The average molecular weight is 103 g/mol. The van der Waals surface area contributed by atoms with Crippen molar-refractivity contribution < 1.29 is 0 Å². The largest absolute Gasteiger partial charge is 0.329 e. The highest BCUT2D eigenvalue weighted by molar-refractivity contribution is 4.33. The van der Waals surface area contributed by atoms with E-state index in [0.717, 1.165) is 0 Å². The summed E-state index contributed by atoms with van der Waals surface area (Å²) in [6, 6.07) is 0. The van der Waals surface area contributed by atoms with Crippen LogP contribution >= 0.6 is 0 Å². The zero-order valence-corrected chi connectivity index (χ0v) is 3.96. The van der Waals surface area contributed by atoms with Crippen LogP contribution in [0.25, 0.3) is 0 Å². The van der Waals surface area contributed by atoms with E-state index in [9.17, 15) is 0 Å². The summed E-state index contributed by atoms with van der Waals surface area (Å²) in [5.74, 6) is 4.62. The Morgan fingerprint density at radius 3 is 2.71 bits per heavy atom. The second-order valence-electron chi connectivity index (χ2n) is 0.912. The molecule has 0 aliphatic rings. The molecule has 7 heavy (non-hydrogen) atoms. The molecule has 0 aromatic carbocycles. The van der Waals surface area contributed by atoms with Crippen LogP contribution in [0.2, 0.25) is 0 Å². The molecule has 0 aliphatic heterocycles. The summed E-state index contributed by atoms with van der Waals surface area (Å²) in [6.07, 6.45) is 0. The van der Waals surface area contributed by atoms with E-state index in [-0.39, 0.29) is 0 Å². The Hall–Kier alpha value is -0.840. The highest BCUT2D eigenvalue weighted by atomic mass is 15.5. The second-order valence-corrected chi connectivity index (χ2v) is 0.912. The first-order chi connectivity index (χ1) is 3.41. The zero-order valence-electron chi connectivity index (χ0n) is 3.96. The zero-order chi connectivity index (χ0) is 5.54. The molecule has 0 saturated heterocycles. The lowest BCUT2D eigenvalue weighted by atomic mass is 10.7. The average Bonchev–Trinajstić information content (AvgIpc) is 1.69. The predicted octanol–water partition coefficient (Wildman–Crippen LogP) is -1.22. The van der Waals surface area contributed by atoms with Crippen molar-refractivity contribution >= 4 is 0 Å². The van der Waals surface area contributed by atoms with Gasteiger partial charge in [0.2, 0.25) is 0 Å². The van der Waals surface area contributed by atoms with Crippen LogP contribution in [0.5, 0.6) is 0 Å². The van der Waals surface area contributed by atoms with Crippen LogP contribution in [0, 0.1) is 0 Å². The fraction of sp³-hybridized carbons (Fsp3) is 1.00. The van der Waals surface area contributed by atoms with E-state index in [0.29, 0.717) is 13.1 Å². The molecule has 0 saturated carbocycles. The molecule has 0 bridgehead atoms. The van der Waals surface area contributed by atoms with E-state index < -0.39 is 0 Å². The van der Waals surface area contributed by atoms with Gasteiger partial charge in [-0.25, -0.2) is 0 Å². The Kier molecular flexibility index (Phi) is 4.54. The standard InChI is InChI=1S/C2H9N5/c3-1-2-5-7-6-4/h1-3H2,(H2,4,7)(H,5,6). The molecule has 0 rings (SSSR count). The van der Waals surface area contributed by atoms with E-state index in [2.05, 4.69) is 21.7 Å². The number of nitrogens with one attached hydrogen (secondary N) is 1. The van der Waals surface area contributed by atoms with Crippen molar-refractivity contribution in [1.82, 2.24) is 5.43 Å². The number of nitrogens with two attached hydrogens (primary N) is 2. The van der Waals surface area contributed by atoms with Gasteiger partial charge in [-0.05, 0) is 0 Å². The van der Waals surface area contributed by atoms with Crippen LogP contribution in [0.3, 0.4) is 0 Å². The van der Waals surface area contributed by atoms with Crippen LogP contribution in [0.1, 0.15) is 0 Å². The SMILES string of the molecule is NCCN/N=N/N. The highest BCUT2D eigenvalue weighted by Crippen LogP contribution is 1.53. The Morgan fingerprint density at radius 1 is 1.57 bits per heavy atom. The number of nitrogens with zero attached hydrogens (tertiary/aromatic N) is 2. The highest BCUT2D eigenvalue weighted by Gasteiger charge is 1.70. The summed E-state index contributed by atoms with van der Waals surface area (Å²) >= 11 is 0. The maximum Gasteiger partial charge on any atom is 0.0470 e. The quantitative estimate of drug-likeness (QED) is 0.181. The Bertz CT molecular complexity index is 50.0. The van der Waals surface area contributed by atoms with Gasteiger partial charge in [-0.3, -0.25) is 5.43 Å². The van der Waals surface area contributed by atoms with E-state index in [1.165, 1.54) is 0 Å². The van der Waals surface area contributed by atoms with E-state index in [1.54, 1.807) is 0 Å². The molecule has 0 heterocycles. The summed E-state index contributed by atoms with van der Waals surface area (Å²) in [7, 11) is 0. The minimum Gasteiger partial charge on any atom is -0.329 e. The van der Waals surface area contributed by atoms with Crippen molar-refractivity contribution in [3.63, 3.8) is 0 Å². The third-order valence-electron chi connectivity index (χ3n) is 0.385. The maximum absolute atomic E-state index is 5.06. The molecule has 0 atom stereocenters. The summed E-state index contributed by atoms with van der Waals surface area (Å²) in [4.78, 5) is 0. The fourth-order valence-electron chi connectivity index (χ4n) is 0.155. The molecule has 0 fully saturated rings. The lowest BCUT2D eigenvalue weighted by Gasteiger charge is -1.88. The first-order valence-electron chi connectivity index (χ1n) is 1.94. The molecule has 0 unspecified atom stereocenters. The van der Waals surface area contributed by atoms with Crippen molar-refractivity contribution in [2.24, 2.45) is 22.0 Å². The molecule has 0 aliphatic carbocycles. The van der Waals surface area contributed by atoms with Gasteiger partial charge in [0.05, 0.1) is 0 Å². The first kappa shape index (κ1) is 6.16. The minimum atomic E-state index is 0.541. The topological polar surface area (TPSA) is 88.8 Å². The molecule has 0 aromatic heterocycles. The summed E-state index contributed by atoms with van der Waals surface area (Å²) < 4.78 is 0.